The molecular weight excluding hydrogens is 409 g/mol. The van der Waals surface area contributed by atoms with Gasteiger partial charge in [0.25, 0.3) is 5.91 Å². The number of halogens is 2. The number of aromatic nitrogens is 1. The molecule has 27 heavy (non-hydrogen) atoms. The number of aryl methyl sites for hydroxylation is 2. The van der Waals surface area contributed by atoms with Crippen molar-refractivity contribution < 1.29 is 9.18 Å². The fraction of sp³-hybridized carbons (Fsp3) is 0.143. The Morgan fingerprint density at radius 2 is 1.81 bits per heavy atom. The summed E-state index contributed by atoms with van der Waals surface area (Å²) in [5.74, 6) is -0.771. The summed E-state index contributed by atoms with van der Waals surface area (Å²) in [6.07, 6.45) is 1.61. The summed E-state index contributed by atoms with van der Waals surface area (Å²) in [5, 5.41) is 4.04. The van der Waals surface area contributed by atoms with Crippen LogP contribution in [-0.2, 0) is 0 Å². The third-order valence-corrected chi connectivity index (χ3v) is 5.21. The molecule has 1 amide bonds. The Morgan fingerprint density at radius 3 is 2.48 bits per heavy atom. The van der Waals surface area contributed by atoms with Gasteiger partial charge >= 0.3 is 0 Å². The van der Waals surface area contributed by atoms with Crippen LogP contribution in [0.25, 0.3) is 5.69 Å². The Hall–Kier alpha value is -2.73. The van der Waals surface area contributed by atoms with Crippen molar-refractivity contribution in [1.29, 1.82) is 0 Å². The van der Waals surface area contributed by atoms with Crippen LogP contribution in [0.2, 0.25) is 0 Å². The quantitative estimate of drug-likeness (QED) is 0.458. The SMILES string of the molecule is Cc1ccc(-n2c(C)cc(/C=N\NC(=O)c3ccc(F)cc3)c2C)cc1Br. The Bertz CT molecular complexity index is 1020. The number of carbonyl (C=O) groups excluding carboxylic acids is 1. The lowest BCUT2D eigenvalue weighted by Gasteiger charge is -2.11. The van der Waals surface area contributed by atoms with Crippen LogP contribution in [0.4, 0.5) is 4.39 Å². The van der Waals surface area contributed by atoms with Crippen molar-refractivity contribution in [2.75, 3.05) is 0 Å². The predicted molar refractivity (Wildman–Crippen MR) is 109 cm³/mol. The third-order valence-electron chi connectivity index (χ3n) is 4.36. The molecule has 0 atom stereocenters. The first kappa shape index (κ1) is 19.0. The smallest absolute Gasteiger partial charge is 0.271 e. The summed E-state index contributed by atoms with van der Waals surface area (Å²) in [6.45, 7) is 6.07. The second kappa shape index (κ2) is 7.88. The van der Waals surface area contributed by atoms with Crippen LogP contribution in [0.15, 0.2) is 58.1 Å². The van der Waals surface area contributed by atoms with E-state index in [0.717, 1.165) is 27.1 Å². The van der Waals surface area contributed by atoms with Crippen LogP contribution in [-0.4, -0.2) is 16.7 Å². The Labute approximate surface area is 165 Å². The number of nitrogens with one attached hydrogen (secondary N) is 1. The molecule has 3 aromatic rings. The molecule has 0 saturated carbocycles. The molecular formula is C21H19BrFN3O. The van der Waals surface area contributed by atoms with Gasteiger partial charge in [0.2, 0.25) is 0 Å². The van der Waals surface area contributed by atoms with Gasteiger partial charge in [-0.3, -0.25) is 4.79 Å². The summed E-state index contributed by atoms with van der Waals surface area (Å²) < 4.78 is 16.1. The number of hydrogen-bond acceptors (Lipinski definition) is 2. The standard InChI is InChI=1S/C21H19BrFN3O/c1-13-4-9-19(11-20(13)22)26-14(2)10-17(15(26)3)12-24-25-21(27)16-5-7-18(23)8-6-16/h4-12H,1-3H3,(H,25,27)/b24-12-. The van der Waals surface area contributed by atoms with E-state index in [1.165, 1.54) is 29.8 Å². The van der Waals surface area contributed by atoms with Crippen LogP contribution in [0, 0.1) is 26.6 Å². The van der Waals surface area contributed by atoms with E-state index in [0.29, 0.717) is 5.56 Å². The lowest BCUT2D eigenvalue weighted by molar-refractivity contribution is 0.0955. The maximum Gasteiger partial charge on any atom is 0.271 e. The van der Waals surface area contributed by atoms with Gasteiger partial charge in [0.15, 0.2) is 0 Å². The molecule has 0 aliphatic carbocycles. The molecule has 0 aliphatic rings. The summed E-state index contributed by atoms with van der Waals surface area (Å²) in [4.78, 5) is 12.0. The van der Waals surface area contributed by atoms with Crippen molar-refractivity contribution in [3.8, 4) is 5.69 Å². The second-order valence-corrected chi connectivity index (χ2v) is 7.16. The summed E-state index contributed by atoms with van der Waals surface area (Å²) in [7, 11) is 0. The van der Waals surface area contributed by atoms with E-state index in [9.17, 15) is 9.18 Å². The van der Waals surface area contributed by atoms with Gasteiger partial charge in [-0.25, -0.2) is 9.82 Å². The van der Waals surface area contributed by atoms with Gasteiger partial charge in [0, 0.05) is 32.7 Å². The van der Waals surface area contributed by atoms with Gasteiger partial charge in [-0.1, -0.05) is 22.0 Å². The first-order valence-electron chi connectivity index (χ1n) is 8.41. The molecule has 0 saturated heterocycles. The molecule has 1 heterocycles. The molecule has 1 N–H and O–H groups in total. The van der Waals surface area contributed by atoms with E-state index >= 15 is 0 Å². The zero-order valence-electron chi connectivity index (χ0n) is 15.3. The zero-order valence-corrected chi connectivity index (χ0v) is 16.8. The highest BCUT2D eigenvalue weighted by Gasteiger charge is 2.11. The molecule has 138 valence electrons. The monoisotopic (exact) mass is 427 g/mol. The van der Waals surface area contributed by atoms with Gasteiger partial charge in [0.1, 0.15) is 5.82 Å². The van der Waals surface area contributed by atoms with E-state index in [1.54, 1.807) is 6.21 Å². The number of carbonyl (C=O) groups is 1. The highest BCUT2D eigenvalue weighted by molar-refractivity contribution is 9.10. The minimum absolute atomic E-state index is 0.350. The number of amides is 1. The fourth-order valence-electron chi connectivity index (χ4n) is 2.86. The normalized spacial score (nSPS) is 11.1. The average molecular weight is 428 g/mol. The zero-order chi connectivity index (χ0) is 19.6. The summed E-state index contributed by atoms with van der Waals surface area (Å²) in [6, 6.07) is 13.5. The predicted octanol–water partition coefficient (Wildman–Crippen LogP) is 5.07. The number of hydrogen-bond donors (Lipinski definition) is 1. The molecule has 0 unspecified atom stereocenters. The van der Waals surface area contributed by atoms with Crippen LogP contribution >= 0.6 is 15.9 Å². The van der Waals surface area contributed by atoms with Crippen LogP contribution in [0.1, 0.15) is 32.9 Å². The summed E-state index contributed by atoms with van der Waals surface area (Å²) >= 11 is 3.57. The lowest BCUT2D eigenvalue weighted by Crippen LogP contribution is -2.17. The average Bonchev–Trinajstić information content (AvgIpc) is 2.92. The minimum Gasteiger partial charge on any atom is -0.318 e. The van der Waals surface area contributed by atoms with Crippen molar-refractivity contribution in [2.24, 2.45) is 5.10 Å². The number of benzene rings is 2. The van der Waals surface area contributed by atoms with Gasteiger partial charge < -0.3 is 4.57 Å². The molecule has 6 heteroatoms. The van der Waals surface area contributed by atoms with Gasteiger partial charge in [-0.05, 0) is 68.8 Å². The van der Waals surface area contributed by atoms with Gasteiger partial charge in [-0.2, -0.15) is 5.10 Å². The topological polar surface area (TPSA) is 46.4 Å². The van der Waals surface area contributed by atoms with Crippen molar-refractivity contribution in [3.63, 3.8) is 0 Å². The molecule has 2 aromatic carbocycles. The van der Waals surface area contributed by atoms with Crippen molar-refractivity contribution in [3.05, 3.63) is 86.9 Å². The highest BCUT2D eigenvalue weighted by atomic mass is 79.9. The second-order valence-electron chi connectivity index (χ2n) is 6.30. The molecule has 3 rings (SSSR count). The van der Waals surface area contributed by atoms with E-state index in [1.807, 2.05) is 26.8 Å². The van der Waals surface area contributed by atoms with Crippen molar-refractivity contribution >= 4 is 28.1 Å². The Kier molecular flexibility index (Phi) is 5.56. The first-order chi connectivity index (χ1) is 12.9. The molecule has 0 bridgehead atoms. The van der Waals surface area contributed by atoms with E-state index in [4.69, 9.17) is 0 Å². The third kappa shape index (κ3) is 4.17. The van der Waals surface area contributed by atoms with Crippen molar-refractivity contribution in [1.82, 2.24) is 9.99 Å². The molecule has 0 fully saturated rings. The maximum atomic E-state index is 12.9. The van der Waals surface area contributed by atoms with Crippen LogP contribution < -0.4 is 5.43 Å². The van der Waals surface area contributed by atoms with Crippen LogP contribution in [0.5, 0.6) is 0 Å². The van der Waals surface area contributed by atoms with Crippen molar-refractivity contribution in [2.45, 2.75) is 20.8 Å². The fourth-order valence-corrected chi connectivity index (χ4v) is 3.23. The Morgan fingerprint density at radius 1 is 1.11 bits per heavy atom. The number of rotatable bonds is 4. The van der Waals surface area contributed by atoms with E-state index in [2.05, 4.69) is 49.2 Å². The molecule has 1 aromatic heterocycles. The number of hydrazone groups is 1. The molecule has 4 nitrogen and oxygen atoms in total. The van der Waals surface area contributed by atoms with Gasteiger partial charge in [0.05, 0.1) is 6.21 Å². The molecule has 0 radical (unpaired) electrons. The largest absolute Gasteiger partial charge is 0.318 e. The van der Waals surface area contributed by atoms with E-state index in [-0.39, 0.29) is 11.7 Å². The summed E-state index contributed by atoms with van der Waals surface area (Å²) in [5.41, 5.74) is 8.03. The maximum absolute atomic E-state index is 12.9. The minimum atomic E-state index is -0.387. The first-order valence-corrected chi connectivity index (χ1v) is 9.20. The Balaban J connectivity index is 1.79. The van der Waals surface area contributed by atoms with Crippen LogP contribution in [0.3, 0.4) is 0 Å². The van der Waals surface area contributed by atoms with Gasteiger partial charge in [-0.15, -0.1) is 0 Å². The molecule has 0 aliphatic heterocycles. The molecule has 0 spiro atoms. The lowest BCUT2D eigenvalue weighted by atomic mass is 10.2. The van der Waals surface area contributed by atoms with E-state index < -0.39 is 0 Å². The highest BCUT2D eigenvalue weighted by Crippen LogP contribution is 2.24. The number of nitrogens with zero attached hydrogens (tertiary/aromatic N) is 2.